The van der Waals surface area contributed by atoms with Crippen molar-refractivity contribution < 1.29 is 4.79 Å². The number of carbonyl (C=O) groups is 1. The van der Waals surface area contributed by atoms with Gasteiger partial charge in [0.25, 0.3) is 0 Å². The van der Waals surface area contributed by atoms with Crippen LogP contribution in [-0.2, 0) is 5.41 Å². The van der Waals surface area contributed by atoms with Gasteiger partial charge in [0.1, 0.15) is 0 Å². The zero-order valence-electron chi connectivity index (χ0n) is 16.8. The first-order chi connectivity index (χ1) is 14.5. The third-order valence-corrected chi connectivity index (χ3v) is 6.27. The van der Waals surface area contributed by atoms with Gasteiger partial charge in [0.2, 0.25) is 0 Å². The lowest BCUT2D eigenvalue weighted by atomic mass is 9.76. The number of nitrogens with one attached hydrogen (secondary N) is 1. The molecule has 0 bridgehead atoms. The molecule has 3 aromatic carbocycles. The van der Waals surface area contributed by atoms with E-state index in [0.717, 1.165) is 27.4 Å². The van der Waals surface area contributed by atoms with Gasteiger partial charge in [0.15, 0.2) is 0 Å². The molecular weight excluding hydrogens is 414 g/mol. The molecule has 1 atom stereocenters. The molecule has 2 amide bonds. The molecule has 4 rings (SSSR count). The summed E-state index contributed by atoms with van der Waals surface area (Å²) in [6.45, 7) is 2.57. The molecule has 6 heteroatoms. The van der Waals surface area contributed by atoms with Gasteiger partial charge < -0.3 is 5.32 Å². The Morgan fingerprint density at radius 3 is 2.50 bits per heavy atom. The summed E-state index contributed by atoms with van der Waals surface area (Å²) in [4.78, 5) is 14.1. The molecule has 0 spiro atoms. The molecular formula is C24H22ClN3OS. The second-order valence-electron chi connectivity index (χ2n) is 7.37. The van der Waals surface area contributed by atoms with Gasteiger partial charge in [-0.2, -0.15) is 5.10 Å². The number of anilines is 1. The van der Waals surface area contributed by atoms with Crippen molar-refractivity contribution >= 4 is 40.8 Å². The molecule has 1 heterocycles. The summed E-state index contributed by atoms with van der Waals surface area (Å²) in [6.07, 6.45) is 2.01. The van der Waals surface area contributed by atoms with E-state index in [0.29, 0.717) is 11.6 Å². The largest absolute Gasteiger partial charge is 0.342 e. The lowest BCUT2D eigenvalue weighted by Crippen LogP contribution is -2.38. The first-order valence-electron chi connectivity index (χ1n) is 9.63. The van der Waals surface area contributed by atoms with Crippen LogP contribution in [0.4, 0.5) is 10.5 Å². The lowest BCUT2D eigenvalue weighted by Gasteiger charge is -2.27. The summed E-state index contributed by atoms with van der Waals surface area (Å²) in [5.41, 5.74) is 3.22. The van der Waals surface area contributed by atoms with Crippen molar-refractivity contribution in [2.45, 2.75) is 17.2 Å². The van der Waals surface area contributed by atoms with E-state index in [-0.39, 0.29) is 6.03 Å². The molecule has 30 heavy (non-hydrogen) atoms. The maximum Gasteiger partial charge on any atom is 0.342 e. The van der Waals surface area contributed by atoms with Crippen molar-refractivity contribution in [2.75, 3.05) is 18.1 Å². The highest BCUT2D eigenvalue weighted by Gasteiger charge is 2.42. The Bertz CT molecular complexity index is 1090. The number of benzene rings is 3. The van der Waals surface area contributed by atoms with Crippen molar-refractivity contribution in [3.8, 4) is 0 Å². The number of hydrogen-bond acceptors (Lipinski definition) is 3. The Balaban J connectivity index is 1.67. The van der Waals surface area contributed by atoms with Gasteiger partial charge >= 0.3 is 6.03 Å². The molecule has 0 radical (unpaired) electrons. The minimum atomic E-state index is -0.437. The fourth-order valence-electron chi connectivity index (χ4n) is 3.66. The normalized spacial score (nSPS) is 18.2. The lowest BCUT2D eigenvalue weighted by molar-refractivity contribution is 0.214. The maximum absolute atomic E-state index is 13.0. The number of urea groups is 1. The van der Waals surface area contributed by atoms with Gasteiger partial charge in [-0.1, -0.05) is 60.1 Å². The van der Waals surface area contributed by atoms with Crippen LogP contribution in [0.3, 0.4) is 0 Å². The summed E-state index contributed by atoms with van der Waals surface area (Å²) in [6, 6.07) is 25.3. The fraction of sp³-hybridized carbons (Fsp3) is 0.167. The summed E-state index contributed by atoms with van der Waals surface area (Å²) in [7, 11) is 0. The Hall–Kier alpha value is -2.76. The van der Waals surface area contributed by atoms with Crippen LogP contribution in [0.25, 0.3) is 0 Å². The third kappa shape index (κ3) is 4.09. The summed E-state index contributed by atoms with van der Waals surface area (Å²) in [5.74, 6) is 0. The van der Waals surface area contributed by atoms with Crippen molar-refractivity contribution in [3.63, 3.8) is 0 Å². The van der Waals surface area contributed by atoms with E-state index < -0.39 is 5.41 Å². The first-order valence-corrected chi connectivity index (χ1v) is 11.2. The minimum absolute atomic E-state index is 0.251. The van der Waals surface area contributed by atoms with Crippen LogP contribution >= 0.6 is 23.4 Å². The second-order valence-corrected chi connectivity index (χ2v) is 8.69. The molecule has 4 nitrogen and oxygen atoms in total. The van der Waals surface area contributed by atoms with Crippen LogP contribution in [-0.4, -0.2) is 29.6 Å². The SMILES string of the molecule is CSc1cccc(NC(=O)N2CC(C)(c3ccccc3)C(c3ccc(Cl)cc3)=N2)c1. The van der Waals surface area contributed by atoms with Crippen LogP contribution in [0, 0.1) is 0 Å². The van der Waals surface area contributed by atoms with Gasteiger partial charge in [-0.15, -0.1) is 11.8 Å². The van der Waals surface area contributed by atoms with E-state index in [9.17, 15) is 4.79 Å². The summed E-state index contributed by atoms with van der Waals surface area (Å²) < 4.78 is 0. The van der Waals surface area contributed by atoms with Crippen LogP contribution in [0.5, 0.6) is 0 Å². The van der Waals surface area contributed by atoms with Crippen LogP contribution < -0.4 is 5.32 Å². The number of hydrazone groups is 1. The monoisotopic (exact) mass is 435 g/mol. The Morgan fingerprint density at radius 2 is 1.80 bits per heavy atom. The molecule has 0 saturated carbocycles. The number of rotatable bonds is 4. The maximum atomic E-state index is 13.0. The molecule has 152 valence electrons. The Kier molecular flexibility index (Phi) is 5.84. The highest BCUT2D eigenvalue weighted by molar-refractivity contribution is 7.98. The smallest absolute Gasteiger partial charge is 0.306 e. The van der Waals surface area contributed by atoms with Crippen molar-refractivity contribution in [2.24, 2.45) is 5.10 Å². The standard InChI is InChI=1S/C24H22ClN3OS/c1-24(18-7-4-3-5-8-18)16-28(27-22(24)17-11-13-19(25)14-12-17)23(29)26-20-9-6-10-21(15-20)30-2/h3-15H,16H2,1-2H3,(H,26,29). The first kappa shape index (κ1) is 20.5. The van der Waals surface area contributed by atoms with E-state index in [2.05, 4.69) is 24.4 Å². The Labute approximate surface area is 185 Å². The number of nitrogens with zero attached hydrogens (tertiary/aromatic N) is 2. The molecule has 0 fully saturated rings. The average molecular weight is 436 g/mol. The zero-order valence-corrected chi connectivity index (χ0v) is 18.4. The summed E-state index contributed by atoms with van der Waals surface area (Å²) >= 11 is 7.72. The molecule has 0 aliphatic carbocycles. The Morgan fingerprint density at radius 1 is 1.07 bits per heavy atom. The average Bonchev–Trinajstić information content (AvgIpc) is 3.14. The van der Waals surface area contributed by atoms with E-state index in [1.54, 1.807) is 11.8 Å². The van der Waals surface area contributed by atoms with Crippen LogP contribution in [0.15, 0.2) is 88.9 Å². The number of halogens is 1. The summed E-state index contributed by atoms with van der Waals surface area (Å²) in [5, 5.41) is 9.91. The molecule has 3 aromatic rings. The van der Waals surface area contributed by atoms with Crippen LogP contribution in [0.1, 0.15) is 18.1 Å². The fourth-order valence-corrected chi connectivity index (χ4v) is 4.25. The van der Waals surface area contributed by atoms with E-state index in [1.165, 1.54) is 5.01 Å². The quantitative estimate of drug-likeness (QED) is 0.490. The number of thioether (sulfide) groups is 1. The van der Waals surface area contributed by atoms with Gasteiger partial charge in [-0.25, -0.2) is 9.80 Å². The zero-order chi connectivity index (χ0) is 21.1. The van der Waals surface area contributed by atoms with E-state index >= 15 is 0 Å². The second kappa shape index (κ2) is 8.54. The predicted molar refractivity (Wildman–Crippen MR) is 126 cm³/mol. The van der Waals surface area contributed by atoms with Gasteiger partial charge in [0.05, 0.1) is 17.7 Å². The number of hydrogen-bond donors (Lipinski definition) is 1. The highest BCUT2D eigenvalue weighted by atomic mass is 35.5. The van der Waals surface area contributed by atoms with Gasteiger partial charge in [-0.3, -0.25) is 0 Å². The van der Waals surface area contributed by atoms with E-state index in [1.807, 2.05) is 73.0 Å². The molecule has 0 aromatic heterocycles. The van der Waals surface area contributed by atoms with Gasteiger partial charge in [-0.05, 0) is 54.6 Å². The molecule has 1 unspecified atom stereocenters. The minimum Gasteiger partial charge on any atom is -0.306 e. The molecule has 1 aliphatic heterocycles. The number of amides is 2. The van der Waals surface area contributed by atoms with Crippen molar-refractivity contribution in [3.05, 3.63) is 95.0 Å². The van der Waals surface area contributed by atoms with Crippen LogP contribution in [0.2, 0.25) is 5.02 Å². The highest BCUT2D eigenvalue weighted by Crippen LogP contribution is 2.35. The molecule has 1 N–H and O–H groups in total. The van der Waals surface area contributed by atoms with Crippen molar-refractivity contribution in [1.82, 2.24) is 5.01 Å². The van der Waals surface area contributed by atoms with Crippen molar-refractivity contribution in [1.29, 1.82) is 0 Å². The third-order valence-electron chi connectivity index (χ3n) is 5.29. The number of carbonyl (C=O) groups excluding carboxylic acids is 1. The topological polar surface area (TPSA) is 44.7 Å². The predicted octanol–water partition coefficient (Wildman–Crippen LogP) is 6.27. The van der Waals surface area contributed by atoms with Gasteiger partial charge in [0, 0.05) is 15.6 Å². The molecule has 0 saturated heterocycles. The molecule has 1 aliphatic rings. The van der Waals surface area contributed by atoms with E-state index in [4.69, 9.17) is 16.7 Å².